The molecule has 0 saturated carbocycles. The van der Waals surface area contributed by atoms with Crippen molar-refractivity contribution in [3.05, 3.63) is 61.1 Å². The average molecular weight is 362 g/mol. The van der Waals surface area contributed by atoms with Gasteiger partial charge in [0.1, 0.15) is 23.8 Å². The molecule has 0 bridgehead atoms. The standard InChI is InChI=1S/C20H22N6O/c1-20(2,3)19(27)25-15-9-7-14(8-10-15)24-17-12-18(23-13-22-17)26-16-6-4-5-11-21-16/h4-13H,1-3H3,(H,25,27)(H2,21,22,23,24,26). The first-order chi connectivity index (χ1) is 12.9. The van der Waals surface area contributed by atoms with Gasteiger partial charge in [0.05, 0.1) is 0 Å². The number of rotatable bonds is 5. The van der Waals surface area contributed by atoms with Crippen molar-refractivity contribution in [2.45, 2.75) is 20.8 Å². The van der Waals surface area contributed by atoms with E-state index in [0.717, 1.165) is 11.4 Å². The Morgan fingerprint density at radius 3 is 2.11 bits per heavy atom. The fourth-order valence-corrected chi connectivity index (χ4v) is 2.17. The molecule has 3 rings (SSSR count). The third-order valence-electron chi connectivity index (χ3n) is 3.68. The molecular weight excluding hydrogens is 340 g/mol. The first kappa shape index (κ1) is 18.3. The molecule has 27 heavy (non-hydrogen) atoms. The summed E-state index contributed by atoms with van der Waals surface area (Å²) in [6, 6.07) is 14.9. The van der Waals surface area contributed by atoms with E-state index in [-0.39, 0.29) is 5.91 Å². The van der Waals surface area contributed by atoms with Crippen LogP contribution in [0.15, 0.2) is 61.1 Å². The Kier molecular flexibility index (Phi) is 5.30. The number of nitrogens with one attached hydrogen (secondary N) is 3. The summed E-state index contributed by atoms with van der Waals surface area (Å²) in [6.07, 6.45) is 3.19. The zero-order valence-corrected chi connectivity index (χ0v) is 15.5. The van der Waals surface area contributed by atoms with Gasteiger partial charge in [-0.15, -0.1) is 0 Å². The highest BCUT2D eigenvalue weighted by atomic mass is 16.2. The van der Waals surface area contributed by atoms with Crippen LogP contribution in [0.25, 0.3) is 0 Å². The number of aromatic nitrogens is 3. The van der Waals surface area contributed by atoms with Crippen LogP contribution in [0.5, 0.6) is 0 Å². The molecule has 0 aliphatic rings. The molecule has 7 heteroatoms. The summed E-state index contributed by atoms with van der Waals surface area (Å²) in [7, 11) is 0. The lowest BCUT2D eigenvalue weighted by molar-refractivity contribution is -0.123. The molecular formula is C20H22N6O. The number of nitrogens with zero attached hydrogens (tertiary/aromatic N) is 3. The lowest BCUT2D eigenvalue weighted by atomic mass is 9.95. The van der Waals surface area contributed by atoms with Gasteiger partial charge >= 0.3 is 0 Å². The minimum Gasteiger partial charge on any atom is -0.340 e. The molecule has 0 aliphatic heterocycles. The van der Waals surface area contributed by atoms with E-state index in [1.54, 1.807) is 12.3 Å². The number of carbonyl (C=O) groups excluding carboxylic acids is 1. The van der Waals surface area contributed by atoms with Crippen molar-refractivity contribution in [2.75, 3.05) is 16.0 Å². The molecule has 0 aliphatic carbocycles. The van der Waals surface area contributed by atoms with E-state index < -0.39 is 5.41 Å². The summed E-state index contributed by atoms with van der Waals surface area (Å²) < 4.78 is 0. The number of hydrogen-bond acceptors (Lipinski definition) is 6. The maximum Gasteiger partial charge on any atom is 0.229 e. The summed E-state index contributed by atoms with van der Waals surface area (Å²) in [5.74, 6) is 1.97. The van der Waals surface area contributed by atoms with E-state index in [1.807, 2.05) is 63.2 Å². The normalized spacial score (nSPS) is 10.9. The summed E-state index contributed by atoms with van der Waals surface area (Å²) in [6.45, 7) is 5.64. The molecule has 0 atom stereocenters. The fourth-order valence-electron chi connectivity index (χ4n) is 2.17. The second-order valence-corrected chi connectivity index (χ2v) is 7.03. The molecule has 1 aromatic carbocycles. The highest BCUT2D eigenvalue weighted by molar-refractivity contribution is 5.94. The first-order valence-corrected chi connectivity index (χ1v) is 8.59. The van der Waals surface area contributed by atoms with Crippen LogP contribution >= 0.6 is 0 Å². The SMILES string of the molecule is CC(C)(C)C(=O)Nc1ccc(Nc2cc(Nc3ccccn3)ncn2)cc1. The van der Waals surface area contributed by atoms with Gasteiger partial charge in [-0.05, 0) is 36.4 Å². The Bertz CT molecular complexity index is 904. The molecule has 0 spiro atoms. The molecule has 0 saturated heterocycles. The lowest BCUT2D eigenvalue weighted by Gasteiger charge is -2.17. The number of carbonyl (C=O) groups is 1. The Morgan fingerprint density at radius 1 is 0.815 bits per heavy atom. The molecule has 2 aromatic heterocycles. The molecule has 0 unspecified atom stereocenters. The monoisotopic (exact) mass is 362 g/mol. The molecule has 0 fully saturated rings. The number of benzene rings is 1. The van der Waals surface area contributed by atoms with Gasteiger partial charge in [0.2, 0.25) is 5.91 Å². The van der Waals surface area contributed by atoms with Crippen LogP contribution in [-0.2, 0) is 4.79 Å². The van der Waals surface area contributed by atoms with E-state index in [0.29, 0.717) is 17.5 Å². The van der Waals surface area contributed by atoms with Crippen molar-refractivity contribution in [1.29, 1.82) is 0 Å². The topological polar surface area (TPSA) is 91.8 Å². The van der Waals surface area contributed by atoms with Crippen molar-refractivity contribution in [3.63, 3.8) is 0 Å². The first-order valence-electron chi connectivity index (χ1n) is 8.59. The smallest absolute Gasteiger partial charge is 0.229 e. The third kappa shape index (κ3) is 5.24. The van der Waals surface area contributed by atoms with Crippen LogP contribution in [-0.4, -0.2) is 20.9 Å². The van der Waals surface area contributed by atoms with Gasteiger partial charge in [0.15, 0.2) is 0 Å². The molecule has 0 radical (unpaired) electrons. The van der Waals surface area contributed by atoms with E-state index in [4.69, 9.17) is 0 Å². The molecule has 138 valence electrons. The molecule has 2 heterocycles. The van der Waals surface area contributed by atoms with Crippen molar-refractivity contribution in [1.82, 2.24) is 15.0 Å². The van der Waals surface area contributed by atoms with Crippen LogP contribution in [0.4, 0.5) is 28.8 Å². The number of amides is 1. The maximum absolute atomic E-state index is 12.0. The Labute approximate surface area is 158 Å². The Balaban J connectivity index is 1.65. The highest BCUT2D eigenvalue weighted by Crippen LogP contribution is 2.22. The van der Waals surface area contributed by atoms with Crippen molar-refractivity contribution < 1.29 is 4.79 Å². The Hall–Kier alpha value is -3.48. The summed E-state index contributed by atoms with van der Waals surface area (Å²) in [5.41, 5.74) is 1.17. The third-order valence-corrected chi connectivity index (χ3v) is 3.68. The van der Waals surface area contributed by atoms with Crippen LogP contribution < -0.4 is 16.0 Å². The van der Waals surface area contributed by atoms with Gasteiger partial charge in [-0.25, -0.2) is 15.0 Å². The van der Waals surface area contributed by atoms with Gasteiger partial charge in [-0.1, -0.05) is 26.8 Å². The average Bonchev–Trinajstić information content (AvgIpc) is 2.64. The van der Waals surface area contributed by atoms with Gasteiger partial charge in [0.25, 0.3) is 0 Å². The van der Waals surface area contributed by atoms with E-state index in [2.05, 4.69) is 30.9 Å². The van der Waals surface area contributed by atoms with E-state index in [9.17, 15) is 4.79 Å². The van der Waals surface area contributed by atoms with Crippen LogP contribution in [0.2, 0.25) is 0 Å². The number of anilines is 5. The van der Waals surface area contributed by atoms with Gasteiger partial charge < -0.3 is 16.0 Å². The lowest BCUT2D eigenvalue weighted by Crippen LogP contribution is -2.27. The second kappa shape index (κ2) is 7.82. The van der Waals surface area contributed by atoms with Gasteiger partial charge in [0, 0.05) is 29.1 Å². The van der Waals surface area contributed by atoms with Crippen LogP contribution in [0.3, 0.4) is 0 Å². The molecule has 3 N–H and O–H groups in total. The predicted octanol–water partition coefficient (Wildman–Crippen LogP) is 4.34. The summed E-state index contributed by atoms with van der Waals surface area (Å²) in [4.78, 5) is 24.7. The zero-order valence-electron chi connectivity index (χ0n) is 15.5. The van der Waals surface area contributed by atoms with Crippen LogP contribution in [0.1, 0.15) is 20.8 Å². The Morgan fingerprint density at radius 2 is 1.48 bits per heavy atom. The minimum absolute atomic E-state index is 0.0238. The van der Waals surface area contributed by atoms with Crippen molar-refractivity contribution >= 4 is 34.7 Å². The maximum atomic E-state index is 12.0. The largest absolute Gasteiger partial charge is 0.340 e. The number of hydrogen-bond donors (Lipinski definition) is 3. The van der Waals surface area contributed by atoms with Crippen molar-refractivity contribution in [3.8, 4) is 0 Å². The molecule has 7 nitrogen and oxygen atoms in total. The molecule has 3 aromatic rings. The number of pyridine rings is 1. The predicted molar refractivity (Wildman–Crippen MR) is 107 cm³/mol. The van der Waals surface area contributed by atoms with Crippen molar-refractivity contribution in [2.24, 2.45) is 5.41 Å². The van der Waals surface area contributed by atoms with Gasteiger partial charge in [-0.2, -0.15) is 0 Å². The second-order valence-electron chi connectivity index (χ2n) is 7.03. The van der Waals surface area contributed by atoms with Crippen LogP contribution in [0, 0.1) is 5.41 Å². The quantitative estimate of drug-likeness (QED) is 0.625. The fraction of sp³-hybridized carbons (Fsp3) is 0.200. The highest BCUT2D eigenvalue weighted by Gasteiger charge is 2.20. The summed E-state index contributed by atoms with van der Waals surface area (Å²) >= 11 is 0. The molecule has 1 amide bonds. The van der Waals surface area contributed by atoms with E-state index in [1.165, 1.54) is 6.33 Å². The van der Waals surface area contributed by atoms with E-state index >= 15 is 0 Å². The summed E-state index contributed by atoms with van der Waals surface area (Å²) in [5, 5.41) is 9.24. The zero-order chi connectivity index (χ0) is 19.3. The van der Waals surface area contributed by atoms with Gasteiger partial charge in [-0.3, -0.25) is 4.79 Å². The minimum atomic E-state index is -0.436.